The molecule has 0 fully saturated rings. The lowest BCUT2D eigenvalue weighted by atomic mass is 9.87. The highest BCUT2D eigenvalue weighted by molar-refractivity contribution is 5.94. The predicted molar refractivity (Wildman–Crippen MR) is 69.0 cm³/mol. The SMILES string of the molecule is Cc1ccc(C(=O)N[C@H](CO)C(C)(C)C)cc1. The molecule has 0 radical (unpaired) electrons. The quantitative estimate of drug-likeness (QED) is 0.843. The van der Waals surface area contributed by atoms with E-state index in [4.69, 9.17) is 0 Å². The molecule has 0 heterocycles. The average Bonchev–Trinajstić information content (AvgIpc) is 2.24. The Labute approximate surface area is 103 Å². The van der Waals surface area contributed by atoms with Crippen molar-refractivity contribution in [3.63, 3.8) is 0 Å². The van der Waals surface area contributed by atoms with Crippen LogP contribution in [0.25, 0.3) is 0 Å². The Hall–Kier alpha value is -1.35. The first kappa shape index (κ1) is 13.7. The molecule has 0 aliphatic rings. The van der Waals surface area contributed by atoms with Gasteiger partial charge in [0, 0.05) is 5.56 Å². The lowest BCUT2D eigenvalue weighted by Crippen LogP contribution is -2.46. The molecule has 0 spiro atoms. The lowest BCUT2D eigenvalue weighted by Gasteiger charge is -2.29. The minimum absolute atomic E-state index is 0.0545. The van der Waals surface area contributed by atoms with Gasteiger partial charge in [-0.15, -0.1) is 0 Å². The largest absolute Gasteiger partial charge is 0.394 e. The van der Waals surface area contributed by atoms with Crippen LogP contribution in [-0.2, 0) is 0 Å². The molecule has 1 aromatic carbocycles. The fraction of sp³-hybridized carbons (Fsp3) is 0.500. The molecule has 0 aliphatic carbocycles. The van der Waals surface area contributed by atoms with E-state index in [-0.39, 0.29) is 24.0 Å². The molecule has 3 heteroatoms. The molecule has 3 nitrogen and oxygen atoms in total. The van der Waals surface area contributed by atoms with E-state index in [1.165, 1.54) is 0 Å². The van der Waals surface area contributed by atoms with Crippen molar-refractivity contribution in [1.29, 1.82) is 0 Å². The van der Waals surface area contributed by atoms with Crippen molar-refractivity contribution in [1.82, 2.24) is 5.32 Å². The summed E-state index contributed by atoms with van der Waals surface area (Å²) < 4.78 is 0. The zero-order valence-corrected chi connectivity index (χ0v) is 10.9. The summed E-state index contributed by atoms with van der Waals surface area (Å²) in [5, 5.41) is 12.1. The highest BCUT2D eigenvalue weighted by Gasteiger charge is 2.25. The van der Waals surface area contributed by atoms with Gasteiger partial charge in [-0.25, -0.2) is 0 Å². The molecular formula is C14H21NO2. The van der Waals surface area contributed by atoms with Crippen LogP contribution in [-0.4, -0.2) is 23.7 Å². The average molecular weight is 235 g/mol. The van der Waals surface area contributed by atoms with Gasteiger partial charge in [0.1, 0.15) is 0 Å². The minimum atomic E-state index is -0.240. The van der Waals surface area contributed by atoms with Gasteiger partial charge < -0.3 is 10.4 Å². The molecule has 0 aromatic heterocycles. The highest BCUT2D eigenvalue weighted by atomic mass is 16.3. The molecule has 0 saturated carbocycles. The first-order chi connectivity index (χ1) is 7.84. The van der Waals surface area contributed by atoms with E-state index in [0.717, 1.165) is 5.56 Å². The first-order valence-electron chi connectivity index (χ1n) is 5.83. The summed E-state index contributed by atoms with van der Waals surface area (Å²) in [5.74, 6) is -0.140. The second-order valence-corrected chi connectivity index (χ2v) is 5.44. The Kier molecular flexibility index (Phi) is 4.29. The maximum Gasteiger partial charge on any atom is 0.251 e. The molecule has 1 atom stereocenters. The number of rotatable bonds is 3. The molecule has 0 unspecified atom stereocenters. The number of amides is 1. The molecule has 17 heavy (non-hydrogen) atoms. The number of hydrogen-bond acceptors (Lipinski definition) is 2. The van der Waals surface area contributed by atoms with E-state index in [0.29, 0.717) is 5.56 Å². The van der Waals surface area contributed by atoms with Gasteiger partial charge in [0.05, 0.1) is 12.6 Å². The Balaban J connectivity index is 2.75. The number of benzene rings is 1. The van der Waals surface area contributed by atoms with Crippen LogP contribution < -0.4 is 5.32 Å². The monoisotopic (exact) mass is 235 g/mol. The summed E-state index contributed by atoms with van der Waals surface area (Å²) >= 11 is 0. The van der Waals surface area contributed by atoms with Gasteiger partial charge in [-0.1, -0.05) is 38.5 Å². The normalized spacial score (nSPS) is 13.2. The van der Waals surface area contributed by atoms with Gasteiger partial charge in [-0.2, -0.15) is 0 Å². The third kappa shape index (κ3) is 3.86. The van der Waals surface area contributed by atoms with Crippen LogP contribution >= 0.6 is 0 Å². The number of aliphatic hydroxyl groups is 1. The molecule has 1 aromatic rings. The number of aliphatic hydroxyl groups excluding tert-OH is 1. The van der Waals surface area contributed by atoms with Gasteiger partial charge >= 0.3 is 0 Å². The van der Waals surface area contributed by atoms with Gasteiger partial charge in [-0.05, 0) is 24.5 Å². The van der Waals surface area contributed by atoms with Gasteiger partial charge in [0.25, 0.3) is 5.91 Å². The van der Waals surface area contributed by atoms with E-state index < -0.39 is 0 Å². The van der Waals surface area contributed by atoms with Crippen molar-refractivity contribution < 1.29 is 9.90 Å². The Morgan fingerprint density at radius 3 is 2.24 bits per heavy atom. The van der Waals surface area contributed by atoms with E-state index in [2.05, 4.69) is 5.32 Å². The molecule has 0 aliphatic heterocycles. The van der Waals surface area contributed by atoms with Crippen molar-refractivity contribution in [2.45, 2.75) is 33.7 Å². The summed E-state index contributed by atoms with van der Waals surface area (Å²) in [6.07, 6.45) is 0. The van der Waals surface area contributed by atoms with E-state index in [1.807, 2.05) is 39.8 Å². The Morgan fingerprint density at radius 2 is 1.82 bits per heavy atom. The maximum absolute atomic E-state index is 11.9. The molecule has 2 N–H and O–H groups in total. The van der Waals surface area contributed by atoms with Crippen LogP contribution in [0.5, 0.6) is 0 Å². The fourth-order valence-electron chi connectivity index (χ4n) is 1.48. The lowest BCUT2D eigenvalue weighted by molar-refractivity contribution is 0.0848. The van der Waals surface area contributed by atoms with Crippen LogP contribution in [0.1, 0.15) is 36.7 Å². The van der Waals surface area contributed by atoms with Gasteiger partial charge in [0.15, 0.2) is 0 Å². The van der Waals surface area contributed by atoms with E-state index in [9.17, 15) is 9.90 Å². The van der Waals surface area contributed by atoms with Gasteiger partial charge in [-0.3, -0.25) is 4.79 Å². The predicted octanol–water partition coefficient (Wildman–Crippen LogP) is 2.13. The minimum Gasteiger partial charge on any atom is -0.394 e. The van der Waals surface area contributed by atoms with Gasteiger partial charge in [0.2, 0.25) is 0 Å². The van der Waals surface area contributed by atoms with Crippen LogP contribution in [0.2, 0.25) is 0 Å². The summed E-state index contributed by atoms with van der Waals surface area (Å²) in [6, 6.07) is 7.15. The molecule has 0 bridgehead atoms. The number of nitrogens with one attached hydrogen (secondary N) is 1. The standard InChI is InChI=1S/C14H21NO2/c1-10-5-7-11(8-6-10)13(17)15-12(9-16)14(2,3)4/h5-8,12,16H,9H2,1-4H3,(H,15,17)/t12-/m1/s1. The zero-order valence-electron chi connectivity index (χ0n) is 10.9. The van der Waals surface area contributed by atoms with Crippen LogP contribution in [0.4, 0.5) is 0 Å². The van der Waals surface area contributed by atoms with Crippen LogP contribution in [0.15, 0.2) is 24.3 Å². The number of carbonyl (C=O) groups is 1. The van der Waals surface area contributed by atoms with Crippen molar-refractivity contribution in [3.8, 4) is 0 Å². The van der Waals surface area contributed by atoms with Crippen molar-refractivity contribution in [2.24, 2.45) is 5.41 Å². The second kappa shape index (κ2) is 5.32. The smallest absolute Gasteiger partial charge is 0.251 e. The molecule has 1 amide bonds. The Bertz CT molecular complexity index is 376. The third-order valence-corrected chi connectivity index (χ3v) is 2.85. The van der Waals surface area contributed by atoms with E-state index >= 15 is 0 Å². The zero-order chi connectivity index (χ0) is 13.1. The summed E-state index contributed by atoms with van der Waals surface area (Å²) in [5.41, 5.74) is 1.59. The third-order valence-electron chi connectivity index (χ3n) is 2.85. The highest BCUT2D eigenvalue weighted by Crippen LogP contribution is 2.19. The fourth-order valence-corrected chi connectivity index (χ4v) is 1.48. The summed E-state index contributed by atoms with van der Waals surface area (Å²) in [4.78, 5) is 11.9. The topological polar surface area (TPSA) is 49.3 Å². The number of aryl methyl sites for hydroxylation is 1. The van der Waals surface area contributed by atoms with E-state index in [1.54, 1.807) is 12.1 Å². The molecule has 0 saturated heterocycles. The molecule has 1 rings (SSSR count). The molecular weight excluding hydrogens is 214 g/mol. The number of hydrogen-bond donors (Lipinski definition) is 2. The van der Waals surface area contributed by atoms with Crippen molar-refractivity contribution in [2.75, 3.05) is 6.61 Å². The molecule has 94 valence electrons. The maximum atomic E-state index is 11.9. The van der Waals surface area contributed by atoms with Crippen LogP contribution in [0, 0.1) is 12.3 Å². The summed E-state index contributed by atoms with van der Waals surface area (Å²) in [6.45, 7) is 7.89. The van der Waals surface area contributed by atoms with Crippen molar-refractivity contribution in [3.05, 3.63) is 35.4 Å². The number of carbonyl (C=O) groups excluding carboxylic acids is 1. The first-order valence-corrected chi connectivity index (χ1v) is 5.83. The Morgan fingerprint density at radius 1 is 1.29 bits per heavy atom. The second-order valence-electron chi connectivity index (χ2n) is 5.44. The van der Waals surface area contributed by atoms with Crippen LogP contribution in [0.3, 0.4) is 0 Å². The van der Waals surface area contributed by atoms with Crippen molar-refractivity contribution >= 4 is 5.91 Å². The summed E-state index contributed by atoms with van der Waals surface area (Å²) in [7, 11) is 0.